The highest BCUT2D eigenvalue weighted by Gasteiger charge is 1.97. The minimum Gasteiger partial charge on any atom is -0.0984 e. The van der Waals surface area contributed by atoms with E-state index in [2.05, 4.69) is 45.6 Å². The molecule has 0 aliphatic heterocycles. The van der Waals surface area contributed by atoms with Crippen molar-refractivity contribution >= 4 is 19.4 Å². The number of hydrogen-bond acceptors (Lipinski definition) is 0. The van der Waals surface area contributed by atoms with Crippen LogP contribution in [0.2, 0.25) is 0 Å². The average molecular weight is 216 g/mol. The van der Waals surface area contributed by atoms with Gasteiger partial charge in [0.1, 0.15) is 7.85 Å². The molecule has 0 saturated heterocycles. The zero-order valence-electron chi connectivity index (χ0n) is 11.7. The van der Waals surface area contributed by atoms with E-state index in [9.17, 15) is 0 Å². The Morgan fingerprint density at radius 2 is 1.62 bits per heavy atom. The van der Waals surface area contributed by atoms with Crippen molar-refractivity contribution in [2.75, 3.05) is 0 Å². The van der Waals surface area contributed by atoms with Gasteiger partial charge in [-0.2, -0.15) is 0 Å². The fourth-order valence-electron chi connectivity index (χ4n) is 1.19. The van der Waals surface area contributed by atoms with Crippen LogP contribution < -0.4 is 0 Å². The van der Waals surface area contributed by atoms with E-state index >= 15 is 0 Å². The highest BCUT2D eigenvalue weighted by atomic mass is 14.0. The second kappa shape index (κ2) is 11.8. The lowest BCUT2D eigenvalue weighted by molar-refractivity contribution is 1.50. The fraction of sp³-hybridized carbons (Fsp3) is 0.333. The Balaban J connectivity index is 0. The highest BCUT2D eigenvalue weighted by Crippen LogP contribution is 2.16. The Morgan fingerprint density at radius 1 is 1.12 bits per heavy atom. The molecule has 0 heterocycles. The van der Waals surface area contributed by atoms with Crippen molar-refractivity contribution in [2.45, 2.75) is 34.6 Å². The predicted octanol–water partition coefficient (Wildman–Crippen LogP) is 4.38. The maximum atomic E-state index is 3.78. The van der Waals surface area contributed by atoms with Gasteiger partial charge in [-0.15, -0.1) is 0 Å². The number of hydrogen-bond donors (Lipinski definition) is 0. The normalized spacial score (nSPS) is 9.19. The van der Waals surface area contributed by atoms with E-state index in [1.54, 1.807) is 0 Å². The average Bonchev–Trinajstić information content (AvgIpc) is 2.42. The van der Waals surface area contributed by atoms with Crippen molar-refractivity contribution in [3.05, 3.63) is 48.0 Å². The minimum absolute atomic E-state index is 1.20. The topological polar surface area (TPSA) is 0 Å². The first kappa shape index (κ1) is 17.2. The maximum Gasteiger partial charge on any atom is 0.139 e. The molecule has 0 aliphatic carbocycles. The lowest BCUT2D eigenvalue weighted by Crippen LogP contribution is -1.86. The van der Waals surface area contributed by atoms with Gasteiger partial charge in [0.2, 0.25) is 0 Å². The minimum atomic E-state index is 1.20. The summed E-state index contributed by atoms with van der Waals surface area (Å²) in [7, 11) is 2.11. The summed E-state index contributed by atoms with van der Waals surface area (Å²) in [6, 6.07) is 8.28. The SMILES string of the molecule is B/C(=C/C)c1ccccc1C=C.CC.CC. The third kappa shape index (κ3) is 5.60. The van der Waals surface area contributed by atoms with Crippen molar-refractivity contribution in [2.24, 2.45) is 0 Å². The van der Waals surface area contributed by atoms with E-state index in [-0.39, 0.29) is 0 Å². The smallest absolute Gasteiger partial charge is 0.0984 e. The molecule has 1 aromatic carbocycles. The summed E-state index contributed by atoms with van der Waals surface area (Å²) >= 11 is 0. The van der Waals surface area contributed by atoms with E-state index in [4.69, 9.17) is 0 Å². The Morgan fingerprint density at radius 3 is 2.06 bits per heavy atom. The summed E-state index contributed by atoms with van der Waals surface area (Å²) in [5.41, 5.74) is 3.77. The van der Waals surface area contributed by atoms with Gasteiger partial charge in [0.15, 0.2) is 0 Å². The molecule has 0 spiro atoms. The molecule has 1 rings (SSSR count). The summed E-state index contributed by atoms with van der Waals surface area (Å²) in [6.45, 7) is 13.8. The molecule has 16 heavy (non-hydrogen) atoms. The van der Waals surface area contributed by atoms with Crippen LogP contribution in [0.5, 0.6) is 0 Å². The van der Waals surface area contributed by atoms with Gasteiger partial charge in [0.25, 0.3) is 0 Å². The lowest BCUT2D eigenvalue weighted by atomic mass is 9.85. The first-order chi connectivity index (χ1) is 7.79. The van der Waals surface area contributed by atoms with Crippen LogP contribution in [0.25, 0.3) is 11.5 Å². The molecule has 0 unspecified atom stereocenters. The Bertz CT molecular complexity index is 311. The predicted molar refractivity (Wildman–Crippen MR) is 81.4 cm³/mol. The molecule has 0 amide bonds. The van der Waals surface area contributed by atoms with E-state index in [1.165, 1.54) is 16.6 Å². The molecule has 0 bridgehead atoms. The summed E-state index contributed by atoms with van der Waals surface area (Å²) < 4.78 is 0. The van der Waals surface area contributed by atoms with E-state index < -0.39 is 0 Å². The third-order valence-electron chi connectivity index (χ3n) is 2.04. The summed E-state index contributed by atoms with van der Waals surface area (Å²) in [4.78, 5) is 0. The lowest BCUT2D eigenvalue weighted by Gasteiger charge is -2.04. The molecule has 0 aromatic heterocycles. The number of benzene rings is 1. The first-order valence-corrected chi connectivity index (χ1v) is 6.14. The second-order valence-electron chi connectivity index (χ2n) is 2.76. The van der Waals surface area contributed by atoms with Gasteiger partial charge in [0, 0.05) is 0 Å². The van der Waals surface area contributed by atoms with Gasteiger partial charge in [-0.3, -0.25) is 0 Å². The van der Waals surface area contributed by atoms with E-state index in [0.29, 0.717) is 0 Å². The Hall–Kier alpha value is -1.24. The molecule has 0 nitrogen and oxygen atoms in total. The van der Waals surface area contributed by atoms with Gasteiger partial charge >= 0.3 is 0 Å². The van der Waals surface area contributed by atoms with Gasteiger partial charge in [-0.1, -0.05) is 76.2 Å². The Kier molecular flexibility index (Phi) is 12.7. The molecule has 0 aliphatic rings. The third-order valence-corrected chi connectivity index (χ3v) is 2.04. The zero-order valence-corrected chi connectivity index (χ0v) is 11.7. The monoisotopic (exact) mass is 216 g/mol. The zero-order chi connectivity index (χ0) is 13.0. The largest absolute Gasteiger partial charge is 0.139 e. The van der Waals surface area contributed by atoms with Crippen LogP contribution in [0.15, 0.2) is 36.9 Å². The summed E-state index contributed by atoms with van der Waals surface area (Å²) in [5, 5.41) is 0. The quantitative estimate of drug-likeness (QED) is 0.643. The molecule has 0 saturated carbocycles. The molecule has 0 N–H and O–H groups in total. The van der Waals surface area contributed by atoms with Crippen LogP contribution in [0, 0.1) is 0 Å². The molecule has 0 atom stereocenters. The second-order valence-corrected chi connectivity index (χ2v) is 2.76. The van der Waals surface area contributed by atoms with Crippen molar-refractivity contribution in [1.29, 1.82) is 0 Å². The molecule has 0 radical (unpaired) electrons. The highest BCUT2D eigenvalue weighted by molar-refractivity contribution is 6.42. The van der Waals surface area contributed by atoms with Gasteiger partial charge in [0.05, 0.1) is 0 Å². The molecule has 1 aromatic rings. The first-order valence-electron chi connectivity index (χ1n) is 6.14. The van der Waals surface area contributed by atoms with Crippen molar-refractivity contribution in [3.8, 4) is 0 Å². The van der Waals surface area contributed by atoms with Crippen molar-refractivity contribution in [1.82, 2.24) is 0 Å². The van der Waals surface area contributed by atoms with E-state index in [1.807, 2.05) is 39.8 Å². The number of rotatable bonds is 2. The van der Waals surface area contributed by atoms with Crippen LogP contribution in [0.1, 0.15) is 45.7 Å². The molecule has 1 heteroatoms. The van der Waals surface area contributed by atoms with Crippen molar-refractivity contribution < 1.29 is 0 Å². The molecular formula is C15H25B. The Labute approximate surface area is 103 Å². The summed E-state index contributed by atoms with van der Waals surface area (Å²) in [5.74, 6) is 0. The molecule has 88 valence electrons. The van der Waals surface area contributed by atoms with Crippen LogP contribution in [-0.2, 0) is 0 Å². The van der Waals surface area contributed by atoms with Crippen LogP contribution >= 0.6 is 0 Å². The van der Waals surface area contributed by atoms with Gasteiger partial charge in [-0.25, -0.2) is 0 Å². The van der Waals surface area contributed by atoms with Crippen LogP contribution in [0.3, 0.4) is 0 Å². The van der Waals surface area contributed by atoms with E-state index in [0.717, 1.165) is 0 Å². The maximum absolute atomic E-state index is 3.78. The van der Waals surface area contributed by atoms with Gasteiger partial charge in [-0.05, 0) is 18.1 Å². The summed E-state index contributed by atoms with van der Waals surface area (Å²) in [6.07, 6.45) is 4.00. The fourth-order valence-corrected chi connectivity index (χ4v) is 1.19. The standard InChI is InChI=1S/C11H13B.2C2H6/c1-3-9-7-5-6-8-10(9)11(12)4-2;2*1-2/h3-8H,1,12H2,2H3;2*1-2H3/b11-4+;;. The molecular weight excluding hydrogens is 191 g/mol. The number of allylic oxidation sites excluding steroid dienone is 1. The van der Waals surface area contributed by atoms with Crippen LogP contribution in [0.4, 0.5) is 0 Å². The van der Waals surface area contributed by atoms with Crippen molar-refractivity contribution in [3.63, 3.8) is 0 Å². The van der Waals surface area contributed by atoms with Gasteiger partial charge < -0.3 is 0 Å². The molecule has 0 fully saturated rings. The van der Waals surface area contributed by atoms with Crippen LogP contribution in [-0.4, -0.2) is 7.85 Å².